The molecule has 3 heterocycles. The minimum atomic E-state index is 0.689. The van der Waals surface area contributed by atoms with Gasteiger partial charge >= 0.3 is 0 Å². The summed E-state index contributed by atoms with van der Waals surface area (Å²) in [7, 11) is 0. The number of thiazole rings is 1. The highest BCUT2D eigenvalue weighted by Crippen LogP contribution is 2.16. The second-order valence-electron chi connectivity index (χ2n) is 3.67. The van der Waals surface area contributed by atoms with Crippen LogP contribution in [0, 0.1) is 6.92 Å². The summed E-state index contributed by atoms with van der Waals surface area (Å²) in [5.41, 5.74) is 1.97. The maximum atomic E-state index is 4.34. The van der Waals surface area contributed by atoms with Crippen molar-refractivity contribution in [2.75, 3.05) is 5.32 Å². The molecule has 3 aromatic heterocycles. The second kappa shape index (κ2) is 4.14. The summed E-state index contributed by atoms with van der Waals surface area (Å²) in [6, 6.07) is 2.01. The fourth-order valence-corrected chi connectivity index (χ4v) is 2.24. The van der Waals surface area contributed by atoms with Crippen molar-refractivity contribution in [3.8, 4) is 0 Å². The van der Waals surface area contributed by atoms with Gasteiger partial charge in [0.2, 0.25) is 0 Å². The molecule has 6 heteroatoms. The Hall–Kier alpha value is -1.95. The molecule has 0 aliphatic heterocycles. The molecular weight excluding hydrogens is 234 g/mol. The first-order valence-corrected chi connectivity index (χ1v) is 6.14. The van der Waals surface area contributed by atoms with Gasteiger partial charge in [0.25, 0.3) is 0 Å². The van der Waals surface area contributed by atoms with Crippen LogP contribution in [0.2, 0.25) is 0 Å². The third-order valence-corrected chi connectivity index (χ3v) is 3.18. The lowest BCUT2D eigenvalue weighted by atomic mass is 10.4. The molecule has 3 rings (SSSR count). The summed E-state index contributed by atoms with van der Waals surface area (Å²) in [5, 5.41) is 10.6. The molecule has 0 bridgehead atoms. The van der Waals surface area contributed by atoms with Crippen molar-refractivity contribution in [3.05, 3.63) is 40.7 Å². The average molecular weight is 245 g/mol. The van der Waals surface area contributed by atoms with E-state index in [0.29, 0.717) is 6.54 Å². The van der Waals surface area contributed by atoms with Crippen molar-refractivity contribution < 1.29 is 0 Å². The number of aryl methyl sites for hydroxylation is 1. The van der Waals surface area contributed by atoms with Crippen LogP contribution >= 0.6 is 11.3 Å². The molecule has 0 aliphatic carbocycles. The first kappa shape index (κ1) is 10.2. The Morgan fingerprint density at radius 3 is 3.12 bits per heavy atom. The fourth-order valence-electron chi connectivity index (χ4n) is 1.68. The lowest BCUT2D eigenvalue weighted by molar-refractivity contribution is 0.919. The number of hydrogen-bond donors (Lipinski definition) is 1. The Kier molecular flexibility index (Phi) is 2.49. The molecule has 0 fully saturated rings. The van der Waals surface area contributed by atoms with Gasteiger partial charge in [-0.05, 0) is 13.0 Å². The number of fused-ring (bicyclic) bond motifs is 1. The van der Waals surface area contributed by atoms with Gasteiger partial charge in [0.1, 0.15) is 10.5 Å². The number of nitrogens with one attached hydrogen (secondary N) is 1. The molecule has 0 radical (unpaired) electrons. The normalized spacial score (nSPS) is 10.9. The van der Waals surface area contributed by atoms with E-state index >= 15 is 0 Å². The number of hydrogen-bond acceptors (Lipinski definition) is 5. The van der Waals surface area contributed by atoms with Gasteiger partial charge in [-0.15, -0.1) is 11.3 Å². The van der Waals surface area contributed by atoms with Crippen LogP contribution in [-0.4, -0.2) is 19.6 Å². The van der Waals surface area contributed by atoms with Crippen LogP contribution in [-0.2, 0) is 6.54 Å². The van der Waals surface area contributed by atoms with E-state index in [1.807, 2.05) is 29.1 Å². The highest BCUT2D eigenvalue weighted by molar-refractivity contribution is 7.09. The summed E-state index contributed by atoms with van der Waals surface area (Å²) in [5.74, 6) is 0.836. The molecule has 17 heavy (non-hydrogen) atoms. The molecule has 0 spiro atoms. The zero-order valence-electron chi connectivity index (χ0n) is 9.29. The Balaban J connectivity index is 1.89. The van der Waals surface area contributed by atoms with Gasteiger partial charge in [-0.3, -0.25) is 0 Å². The molecule has 0 saturated heterocycles. The van der Waals surface area contributed by atoms with Gasteiger partial charge in [0.05, 0.1) is 12.2 Å². The molecule has 0 aromatic carbocycles. The van der Waals surface area contributed by atoms with Gasteiger partial charge in [0, 0.05) is 24.0 Å². The van der Waals surface area contributed by atoms with Gasteiger partial charge in [-0.2, -0.15) is 5.10 Å². The lowest BCUT2D eigenvalue weighted by Crippen LogP contribution is -2.03. The van der Waals surface area contributed by atoms with Crippen molar-refractivity contribution in [3.63, 3.8) is 0 Å². The van der Waals surface area contributed by atoms with Crippen LogP contribution in [0.25, 0.3) is 5.52 Å². The molecule has 0 atom stereocenters. The number of nitrogens with zero attached hydrogens (tertiary/aromatic N) is 4. The number of aromatic nitrogens is 4. The van der Waals surface area contributed by atoms with Gasteiger partial charge in [0.15, 0.2) is 5.82 Å². The molecule has 5 nitrogen and oxygen atoms in total. The van der Waals surface area contributed by atoms with E-state index in [1.54, 1.807) is 23.7 Å². The van der Waals surface area contributed by atoms with Gasteiger partial charge in [-0.1, -0.05) is 0 Å². The van der Waals surface area contributed by atoms with Gasteiger partial charge < -0.3 is 5.32 Å². The maximum absolute atomic E-state index is 4.34. The van der Waals surface area contributed by atoms with E-state index in [4.69, 9.17) is 0 Å². The summed E-state index contributed by atoms with van der Waals surface area (Å²) < 4.78 is 1.83. The first-order valence-electron chi connectivity index (χ1n) is 5.26. The Bertz CT molecular complexity index is 628. The van der Waals surface area contributed by atoms with Crippen molar-refractivity contribution >= 4 is 22.7 Å². The predicted molar refractivity (Wildman–Crippen MR) is 67.2 cm³/mol. The van der Waals surface area contributed by atoms with Crippen LogP contribution in [0.3, 0.4) is 0 Å². The van der Waals surface area contributed by atoms with Crippen molar-refractivity contribution in [1.29, 1.82) is 0 Å². The number of rotatable bonds is 3. The van der Waals surface area contributed by atoms with Crippen LogP contribution in [0.15, 0.2) is 30.0 Å². The zero-order chi connectivity index (χ0) is 11.7. The van der Waals surface area contributed by atoms with Crippen molar-refractivity contribution in [2.45, 2.75) is 13.5 Å². The minimum absolute atomic E-state index is 0.689. The van der Waals surface area contributed by atoms with E-state index < -0.39 is 0 Å². The van der Waals surface area contributed by atoms with Crippen molar-refractivity contribution in [1.82, 2.24) is 19.6 Å². The fraction of sp³-hybridized carbons (Fsp3) is 0.182. The summed E-state index contributed by atoms with van der Waals surface area (Å²) in [6.45, 7) is 2.66. The lowest BCUT2D eigenvalue weighted by Gasteiger charge is -2.04. The van der Waals surface area contributed by atoms with Crippen LogP contribution in [0.1, 0.15) is 10.7 Å². The molecule has 0 saturated carbocycles. The second-order valence-corrected chi connectivity index (χ2v) is 4.65. The predicted octanol–water partition coefficient (Wildman–Crippen LogP) is 2.11. The monoisotopic (exact) mass is 245 g/mol. The molecule has 86 valence electrons. The highest BCUT2D eigenvalue weighted by atomic mass is 32.1. The molecule has 0 unspecified atom stereocenters. The standard InChI is InChI=1S/C11H11N5S/c1-8-6-9-11(13-2-4-16(9)15-8)14-7-10-12-3-5-17-10/h2-6H,7H2,1H3,(H,13,14). The summed E-state index contributed by atoms with van der Waals surface area (Å²) >= 11 is 1.63. The maximum Gasteiger partial charge on any atom is 0.152 e. The van der Waals surface area contributed by atoms with Crippen molar-refractivity contribution in [2.24, 2.45) is 0 Å². The van der Waals surface area contributed by atoms with Crippen LogP contribution in [0.4, 0.5) is 5.82 Å². The van der Waals surface area contributed by atoms with E-state index in [2.05, 4.69) is 20.4 Å². The van der Waals surface area contributed by atoms with E-state index in [9.17, 15) is 0 Å². The molecular formula is C11H11N5S. The van der Waals surface area contributed by atoms with Gasteiger partial charge in [-0.25, -0.2) is 14.5 Å². The quantitative estimate of drug-likeness (QED) is 0.767. The molecule has 0 amide bonds. The Morgan fingerprint density at radius 2 is 2.29 bits per heavy atom. The van der Waals surface area contributed by atoms with Crippen LogP contribution in [0.5, 0.6) is 0 Å². The third kappa shape index (κ3) is 1.99. The molecule has 0 aliphatic rings. The molecule has 1 N–H and O–H groups in total. The Morgan fingerprint density at radius 1 is 1.35 bits per heavy atom. The smallest absolute Gasteiger partial charge is 0.152 e. The Labute approximate surface area is 102 Å². The number of anilines is 1. The first-order chi connectivity index (χ1) is 8.33. The largest absolute Gasteiger partial charge is 0.362 e. The zero-order valence-corrected chi connectivity index (χ0v) is 10.1. The summed E-state index contributed by atoms with van der Waals surface area (Å²) in [6.07, 6.45) is 5.39. The van der Waals surface area contributed by atoms with Crippen LogP contribution < -0.4 is 5.32 Å². The van der Waals surface area contributed by atoms with E-state index in [-0.39, 0.29) is 0 Å². The highest BCUT2D eigenvalue weighted by Gasteiger charge is 2.05. The topological polar surface area (TPSA) is 55.1 Å². The van der Waals surface area contributed by atoms with E-state index in [0.717, 1.165) is 22.0 Å². The third-order valence-electron chi connectivity index (χ3n) is 2.40. The summed E-state index contributed by atoms with van der Waals surface area (Å²) in [4.78, 5) is 8.55. The molecule has 3 aromatic rings. The minimum Gasteiger partial charge on any atom is -0.362 e. The average Bonchev–Trinajstić information content (AvgIpc) is 2.93. The SMILES string of the molecule is Cc1cc2c(NCc3nccs3)nccn2n1. The van der Waals surface area contributed by atoms with E-state index in [1.165, 1.54) is 0 Å².